The Hall–Kier alpha value is -2.44. The Morgan fingerprint density at radius 3 is 2.71 bits per heavy atom. The van der Waals surface area contributed by atoms with Gasteiger partial charge in [0.15, 0.2) is 11.5 Å². The van der Waals surface area contributed by atoms with Crippen LogP contribution in [0.3, 0.4) is 0 Å². The minimum Gasteiger partial charge on any atom is -0.481 e. The number of urea groups is 1. The zero-order valence-electron chi connectivity index (χ0n) is 11.3. The lowest BCUT2D eigenvalue weighted by molar-refractivity contribution is -0.136. The van der Waals surface area contributed by atoms with Crippen LogP contribution in [-0.4, -0.2) is 30.4 Å². The Bertz CT molecular complexity index is 583. The first-order valence-electron chi connectivity index (χ1n) is 6.77. The highest BCUT2D eigenvalue weighted by Crippen LogP contribution is 2.48. The molecule has 0 saturated heterocycles. The molecule has 2 aliphatic rings. The summed E-state index contributed by atoms with van der Waals surface area (Å²) in [6, 6.07) is 5.28. The second kappa shape index (κ2) is 5.16. The molecule has 1 saturated carbocycles. The summed E-state index contributed by atoms with van der Waals surface area (Å²) < 4.78 is 10.6. The number of amides is 2. The third kappa shape index (κ3) is 2.86. The van der Waals surface area contributed by atoms with Crippen LogP contribution in [-0.2, 0) is 10.3 Å². The normalized spacial score (nSPS) is 17.1. The maximum Gasteiger partial charge on any atom is 0.315 e. The summed E-state index contributed by atoms with van der Waals surface area (Å²) in [6.45, 7) is 0.327. The van der Waals surface area contributed by atoms with Crippen molar-refractivity contribution < 1.29 is 24.2 Å². The minimum atomic E-state index is -0.938. The van der Waals surface area contributed by atoms with E-state index in [2.05, 4.69) is 10.6 Å². The number of carboxylic acid groups (broad SMARTS) is 1. The number of rotatable bonds is 5. The molecule has 3 rings (SSSR count). The SMILES string of the molecule is O=C(O)CCNC(=O)NC1(c2ccc3c(c2)OCO3)CC1. The van der Waals surface area contributed by atoms with Gasteiger partial charge in [-0.2, -0.15) is 0 Å². The highest BCUT2D eigenvalue weighted by molar-refractivity contribution is 5.76. The van der Waals surface area contributed by atoms with Gasteiger partial charge >= 0.3 is 12.0 Å². The molecule has 1 heterocycles. The number of benzene rings is 1. The molecule has 7 nitrogen and oxygen atoms in total. The van der Waals surface area contributed by atoms with Crippen molar-refractivity contribution in [3.8, 4) is 11.5 Å². The number of carbonyl (C=O) groups is 2. The minimum absolute atomic E-state index is 0.0928. The van der Waals surface area contributed by atoms with Gasteiger partial charge in [0.25, 0.3) is 0 Å². The summed E-state index contributed by atoms with van der Waals surface area (Å²) in [7, 11) is 0. The van der Waals surface area contributed by atoms with Crippen LogP contribution in [0.25, 0.3) is 0 Å². The number of aliphatic carboxylic acids is 1. The number of fused-ring (bicyclic) bond motifs is 1. The molecule has 0 unspecified atom stereocenters. The standard InChI is InChI=1S/C14H16N2O5/c17-12(18)3-6-15-13(19)16-14(4-5-14)9-1-2-10-11(7-9)21-8-20-10/h1-2,7H,3-6,8H2,(H,17,18)(H2,15,16,19). The third-order valence-electron chi connectivity index (χ3n) is 3.65. The maximum atomic E-state index is 11.8. The zero-order valence-corrected chi connectivity index (χ0v) is 11.3. The first-order chi connectivity index (χ1) is 10.1. The Morgan fingerprint density at radius 1 is 1.24 bits per heavy atom. The van der Waals surface area contributed by atoms with Crippen molar-refractivity contribution in [3.05, 3.63) is 23.8 Å². The summed E-state index contributed by atoms with van der Waals surface area (Å²) in [4.78, 5) is 22.2. The van der Waals surface area contributed by atoms with Crippen molar-refractivity contribution in [1.82, 2.24) is 10.6 Å². The molecule has 112 valence electrons. The molecule has 3 N–H and O–H groups in total. The van der Waals surface area contributed by atoms with Gasteiger partial charge < -0.3 is 25.2 Å². The molecule has 1 aromatic carbocycles. The molecule has 0 radical (unpaired) electrons. The van der Waals surface area contributed by atoms with E-state index in [1.165, 1.54) is 0 Å². The Morgan fingerprint density at radius 2 is 2.00 bits per heavy atom. The van der Waals surface area contributed by atoms with E-state index in [1.54, 1.807) is 0 Å². The summed E-state index contributed by atoms with van der Waals surface area (Å²) in [5.74, 6) is 0.458. The Balaban J connectivity index is 1.62. The van der Waals surface area contributed by atoms with E-state index in [1.807, 2.05) is 18.2 Å². The van der Waals surface area contributed by atoms with Crippen LogP contribution in [0.2, 0.25) is 0 Å². The molecule has 0 spiro atoms. The van der Waals surface area contributed by atoms with Gasteiger partial charge in [0, 0.05) is 6.54 Å². The lowest BCUT2D eigenvalue weighted by atomic mass is 10.0. The molecule has 0 aromatic heterocycles. The topological polar surface area (TPSA) is 96.9 Å². The van der Waals surface area contributed by atoms with Crippen LogP contribution >= 0.6 is 0 Å². The van der Waals surface area contributed by atoms with E-state index in [0.29, 0.717) is 11.5 Å². The average Bonchev–Trinajstić information content (AvgIpc) is 3.06. The molecule has 1 aromatic rings. The third-order valence-corrected chi connectivity index (χ3v) is 3.65. The summed E-state index contributed by atoms with van der Waals surface area (Å²) in [5.41, 5.74) is 0.592. The molecule has 1 aliphatic heterocycles. The van der Waals surface area contributed by atoms with Gasteiger partial charge in [0.05, 0.1) is 12.0 Å². The van der Waals surface area contributed by atoms with Gasteiger partial charge in [-0.1, -0.05) is 6.07 Å². The van der Waals surface area contributed by atoms with E-state index < -0.39 is 5.97 Å². The summed E-state index contributed by atoms with van der Waals surface area (Å²) >= 11 is 0. The van der Waals surface area contributed by atoms with E-state index in [9.17, 15) is 9.59 Å². The van der Waals surface area contributed by atoms with E-state index >= 15 is 0 Å². The van der Waals surface area contributed by atoms with Gasteiger partial charge in [-0.15, -0.1) is 0 Å². The van der Waals surface area contributed by atoms with Crippen molar-refractivity contribution in [2.45, 2.75) is 24.8 Å². The predicted octanol–water partition coefficient (Wildman–Crippen LogP) is 1.18. The van der Waals surface area contributed by atoms with Crippen LogP contribution in [0.5, 0.6) is 11.5 Å². The van der Waals surface area contributed by atoms with Crippen molar-refractivity contribution in [2.75, 3.05) is 13.3 Å². The van der Waals surface area contributed by atoms with Crippen molar-refractivity contribution in [3.63, 3.8) is 0 Å². The van der Waals surface area contributed by atoms with E-state index in [-0.39, 0.29) is 31.3 Å². The molecule has 0 atom stereocenters. The largest absolute Gasteiger partial charge is 0.481 e. The quantitative estimate of drug-likeness (QED) is 0.757. The first kappa shape index (κ1) is 13.5. The Kier molecular flexibility index (Phi) is 3.32. The summed E-state index contributed by atoms with van der Waals surface area (Å²) in [6.07, 6.45) is 1.60. The fourth-order valence-electron chi connectivity index (χ4n) is 2.35. The number of carboxylic acids is 1. The molecular weight excluding hydrogens is 276 g/mol. The van der Waals surface area contributed by atoms with Gasteiger partial charge in [0.2, 0.25) is 6.79 Å². The van der Waals surface area contributed by atoms with Crippen LogP contribution in [0.4, 0.5) is 4.79 Å². The number of carbonyl (C=O) groups excluding carboxylic acids is 1. The monoisotopic (exact) mass is 292 g/mol. The summed E-state index contributed by atoms with van der Waals surface area (Å²) in [5, 5.41) is 14.0. The highest BCUT2D eigenvalue weighted by Gasteiger charge is 2.46. The van der Waals surface area contributed by atoms with Gasteiger partial charge in [-0.25, -0.2) is 4.79 Å². The van der Waals surface area contributed by atoms with E-state index in [0.717, 1.165) is 18.4 Å². The van der Waals surface area contributed by atoms with Crippen LogP contribution < -0.4 is 20.1 Å². The van der Waals surface area contributed by atoms with Gasteiger partial charge in [-0.3, -0.25) is 4.79 Å². The molecular formula is C14H16N2O5. The van der Waals surface area contributed by atoms with Crippen molar-refractivity contribution in [2.24, 2.45) is 0 Å². The van der Waals surface area contributed by atoms with Crippen molar-refractivity contribution >= 4 is 12.0 Å². The zero-order chi connectivity index (χ0) is 14.9. The lowest BCUT2D eigenvalue weighted by Crippen LogP contribution is -2.42. The molecule has 0 bridgehead atoms. The van der Waals surface area contributed by atoms with Crippen LogP contribution in [0.15, 0.2) is 18.2 Å². The lowest BCUT2D eigenvalue weighted by Gasteiger charge is -2.18. The fourth-order valence-corrected chi connectivity index (χ4v) is 2.35. The number of ether oxygens (including phenoxy) is 2. The maximum absolute atomic E-state index is 11.8. The second-order valence-corrected chi connectivity index (χ2v) is 5.17. The van der Waals surface area contributed by atoms with E-state index in [4.69, 9.17) is 14.6 Å². The van der Waals surface area contributed by atoms with Crippen LogP contribution in [0, 0.1) is 0 Å². The fraction of sp³-hybridized carbons (Fsp3) is 0.429. The molecule has 1 aliphatic carbocycles. The Labute approximate surface area is 121 Å². The smallest absolute Gasteiger partial charge is 0.315 e. The second-order valence-electron chi connectivity index (χ2n) is 5.17. The van der Waals surface area contributed by atoms with Gasteiger partial charge in [0.1, 0.15) is 0 Å². The molecule has 21 heavy (non-hydrogen) atoms. The predicted molar refractivity (Wildman–Crippen MR) is 72.3 cm³/mol. The van der Waals surface area contributed by atoms with Gasteiger partial charge in [-0.05, 0) is 30.5 Å². The highest BCUT2D eigenvalue weighted by atomic mass is 16.7. The number of hydrogen-bond acceptors (Lipinski definition) is 4. The molecule has 1 fully saturated rings. The average molecular weight is 292 g/mol. The van der Waals surface area contributed by atoms with Crippen LogP contribution in [0.1, 0.15) is 24.8 Å². The molecule has 2 amide bonds. The first-order valence-corrected chi connectivity index (χ1v) is 6.77. The number of hydrogen-bond donors (Lipinski definition) is 3. The van der Waals surface area contributed by atoms with Crippen molar-refractivity contribution in [1.29, 1.82) is 0 Å². The molecule has 7 heteroatoms. The number of nitrogens with one attached hydrogen (secondary N) is 2.